The summed E-state index contributed by atoms with van der Waals surface area (Å²) in [5, 5.41) is 14.3. The van der Waals surface area contributed by atoms with Gasteiger partial charge in [0.05, 0.1) is 11.5 Å². The van der Waals surface area contributed by atoms with Crippen LogP contribution in [0.25, 0.3) is 0 Å². The Hall–Kier alpha value is -1.66. The summed E-state index contributed by atoms with van der Waals surface area (Å²) in [5.74, 6) is 0.726. The Labute approximate surface area is 123 Å². The zero-order valence-corrected chi connectivity index (χ0v) is 11.9. The van der Waals surface area contributed by atoms with Gasteiger partial charge in [-0.15, -0.1) is 0 Å². The van der Waals surface area contributed by atoms with Crippen molar-refractivity contribution in [3.63, 3.8) is 0 Å². The molecule has 1 atom stereocenters. The molecular formula is C15H20N2O4. The molecule has 2 aliphatic rings. The highest BCUT2D eigenvalue weighted by molar-refractivity contribution is 5.44. The van der Waals surface area contributed by atoms with E-state index in [0.717, 1.165) is 30.8 Å². The summed E-state index contributed by atoms with van der Waals surface area (Å²) in [6, 6.07) is 5.36. The Morgan fingerprint density at radius 2 is 2.24 bits per heavy atom. The first kappa shape index (κ1) is 14.3. The molecule has 0 radical (unpaired) electrons. The highest BCUT2D eigenvalue weighted by Crippen LogP contribution is 2.28. The molecule has 2 fully saturated rings. The van der Waals surface area contributed by atoms with Gasteiger partial charge in [-0.05, 0) is 31.7 Å². The van der Waals surface area contributed by atoms with Crippen molar-refractivity contribution in [2.45, 2.75) is 44.4 Å². The van der Waals surface area contributed by atoms with Gasteiger partial charge in [0, 0.05) is 36.9 Å². The Bertz CT molecular complexity index is 510. The van der Waals surface area contributed by atoms with Crippen molar-refractivity contribution in [1.82, 2.24) is 5.32 Å². The Morgan fingerprint density at radius 1 is 1.38 bits per heavy atom. The van der Waals surface area contributed by atoms with Gasteiger partial charge >= 0.3 is 0 Å². The van der Waals surface area contributed by atoms with E-state index >= 15 is 0 Å². The van der Waals surface area contributed by atoms with Crippen molar-refractivity contribution < 1.29 is 14.4 Å². The van der Waals surface area contributed by atoms with E-state index in [0.29, 0.717) is 19.2 Å². The van der Waals surface area contributed by atoms with Crippen LogP contribution in [0.2, 0.25) is 0 Å². The van der Waals surface area contributed by atoms with Crippen molar-refractivity contribution in [3.8, 4) is 5.75 Å². The number of nitrogens with zero attached hydrogens (tertiary/aromatic N) is 1. The molecule has 0 bridgehead atoms. The summed E-state index contributed by atoms with van der Waals surface area (Å²) in [7, 11) is 0. The molecule has 21 heavy (non-hydrogen) atoms. The van der Waals surface area contributed by atoms with Crippen LogP contribution in [0, 0.1) is 10.1 Å². The molecule has 6 heteroatoms. The van der Waals surface area contributed by atoms with E-state index in [1.54, 1.807) is 12.1 Å². The number of hydrogen-bond acceptors (Lipinski definition) is 5. The summed E-state index contributed by atoms with van der Waals surface area (Å²) in [5.41, 5.74) is 0.955. The Kier molecular flexibility index (Phi) is 4.36. The maximum atomic E-state index is 10.9. The van der Waals surface area contributed by atoms with Crippen molar-refractivity contribution in [2.24, 2.45) is 0 Å². The number of nitro groups is 1. The van der Waals surface area contributed by atoms with Crippen molar-refractivity contribution in [2.75, 3.05) is 13.2 Å². The summed E-state index contributed by atoms with van der Waals surface area (Å²) < 4.78 is 11.4. The van der Waals surface area contributed by atoms with Crippen LogP contribution in [-0.4, -0.2) is 30.3 Å². The fraction of sp³-hybridized carbons (Fsp3) is 0.600. The van der Waals surface area contributed by atoms with Gasteiger partial charge in [-0.1, -0.05) is 0 Å². The number of nitrogens with one attached hydrogen (secondary N) is 1. The van der Waals surface area contributed by atoms with E-state index in [-0.39, 0.29) is 16.7 Å². The zero-order valence-electron chi connectivity index (χ0n) is 11.9. The van der Waals surface area contributed by atoms with Crippen LogP contribution in [0.3, 0.4) is 0 Å². The first-order valence-corrected chi connectivity index (χ1v) is 7.47. The van der Waals surface area contributed by atoms with E-state index in [1.165, 1.54) is 18.9 Å². The zero-order chi connectivity index (χ0) is 14.7. The number of nitro benzene ring substituents is 1. The number of benzene rings is 1. The van der Waals surface area contributed by atoms with Gasteiger partial charge < -0.3 is 14.8 Å². The fourth-order valence-electron chi connectivity index (χ4n) is 2.46. The minimum absolute atomic E-state index is 0.0416. The van der Waals surface area contributed by atoms with Crippen LogP contribution in [-0.2, 0) is 11.3 Å². The minimum Gasteiger partial charge on any atom is -0.488 e. The van der Waals surface area contributed by atoms with Crippen molar-refractivity contribution in [1.29, 1.82) is 0 Å². The van der Waals surface area contributed by atoms with Crippen molar-refractivity contribution in [3.05, 3.63) is 33.9 Å². The second-order valence-corrected chi connectivity index (χ2v) is 5.66. The Morgan fingerprint density at radius 3 is 2.90 bits per heavy atom. The second-order valence-electron chi connectivity index (χ2n) is 5.66. The van der Waals surface area contributed by atoms with E-state index in [2.05, 4.69) is 5.32 Å². The molecule has 3 rings (SSSR count). The van der Waals surface area contributed by atoms with Gasteiger partial charge in [-0.25, -0.2) is 0 Å². The average Bonchev–Trinajstić information content (AvgIpc) is 3.31. The molecule has 1 unspecified atom stereocenters. The largest absolute Gasteiger partial charge is 0.488 e. The highest BCUT2D eigenvalue weighted by atomic mass is 16.6. The summed E-state index contributed by atoms with van der Waals surface area (Å²) in [4.78, 5) is 10.6. The molecule has 0 aromatic heterocycles. The first-order chi connectivity index (χ1) is 10.2. The maximum Gasteiger partial charge on any atom is 0.270 e. The molecule has 0 spiro atoms. The molecule has 1 saturated carbocycles. The van der Waals surface area contributed by atoms with Gasteiger partial charge in [-0.3, -0.25) is 10.1 Å². The monoisotopic (exact) mass is 292 g/mol. The van der Waals surface area contributed by atoms with Crippen LogP contribution in [0.1, 0.15) is 31.2 Å². The first-order valence-electron chi connectivity index (χ1n) is 7.47. The number of rotatable bonds is 6. The minimum atomic E-state index is -0.367. The molecule has 114 valence electrons. The second kappa shape index (κ2) is 6.41. The third-order valence-corrected chi connectivity index (χ3v) is 3.83. The summed E-state index contributed by atoms with van der Waals surface area (Å²) in [6.07, 6.45) is 4.36. The predicted molar refractivity (Wildman–Crippen MR) is 77.4 cm³/mol. The van der Waals surface area contributed by atoms with E-state index in [9.17, 15) is 10.1 Å². The van der Waals surface area contributed by atoms with Gasteiger partial charge in [0.1, 0.15) is 11.9 Å². The lowest BCUT2D eigenvalue weighted by Crippen LogP contribution is -2.28. The molecule has 1 heterocycles. The SMILES string of the molecule is O=[N+]([O-])c1ccc(OC2CCCOC2)c(CNC2CC2)c1. The number of hydrogen-bond donors (Lipinski definition) is 1. The molecule has 1 N–H and O–H groups in total. The molecule has 1 aromatic rings. The van der Waals surface area contributed by atoms with Crippen LogP contribution >= 0.6 is 0 Å². The van der Waals surface area contributed by atoms with E-state index < -0.39 is 0 Å². The number of ether oxygens (including phenoxy) is 2. The molecule has 1 aliphatic carbocycles. The predicted octanol–water partition coefficient (Wildman–Crippen LogP) is 2.40. The summed E-state index contributed by atoms with van der Waals surface area (Å²) in [6.45, 7) is 1.98. The van der Waals surface area contributed by atoms with E-state index in [1.807, 2.05) is 0 Å². The lowest BCUT2D eigenvalue weighted by Gasteiger charge is -2.24. The smallest absolute Gasteiger partial charge is 0.270 e. The summed E-state index contributed by atoms with van der Waals surface area (Å²) >= 11 is 0. The highest BCUT2D eigenvalue weighted by Gasteiger charge is 2.23. The standard InChI is InChI=1S/C15H20N2O4/c18-17(19)13-5-6-15(21-14-2-1-7-20-10-14)11(8-13)9-16-12-3-4-12/h5-6,8,12,14,16H,1-4,7,9-10H2. The van der Waals surface area contributed by atoms with Crippen LogP contribution in [0.5, 0.6) is 5.75 Å². The normalized spacial score (nSPS) is 22.0. The van der Waals surface area contributed by atoms with Gasteiger partial charge in [-0.2, -0.15) is 0 Å². The fourth-order valence-corrected chi connectivity index (χ4v) is 2.46. The lowest BCUT2D eigenvalue weighted by molar-refractivity contribution is -0.384. The quantitative estimate of drug-likeness (QED) is 0.644. The van der Waals surface area contributed by atoms with Gasteiger partial charge in [0.15, 0.2) is 0 Å². The molecule has 1 aromatic carbocycles. The Balaban J connectivity index is 1.73. The third-order valence-electron chi connectivity index (χ3n) is 3.83. The van der Waals surface area contributed by atoms with E-state index in [4.69, 9.17) is 9.47 Å². The average molecular weight is 292 g/mol. The topological polar surface area (TPSA) is 73.6 Å². The molecule has 6 nitrogen and oxygen atoms in total. The van der Waals surface area contributed by atoms with Crippen LogP contribution < -0.4 is 10.1 Å². The van der Waals surface area contributed by atoms with Gasteiger partial charge in [0.25, 0.3) is 5.69 Å². The molecule has 0 amide bonds. The van der Waals surface area contributed by atoms with Crippen LogP contribution in [0.15, 0.2) is 18.2 Å². The van der Waals surface area contributed by atoms with Crippen LogP contribution in [0.4, 0.5) is 5.69 Å². The maximum absolute atomic E-state index is 10.9. The number of non-ortho nitro benzene ring substituents is 1. The van der Waals surface area contributed by atoms with Crippen molar-refractivity contribution >= 4 is 5.69 Å². The third kappa shape index (κ3) is 3.92. The lowest BCUT2D eigenvalue weighted by atomic mass is 10.1. The molecule has 1 aliphatic heterocycles. The molecular weight excluding hydrogens is 272 g/mol. The molecule has 1 saturated heterocycles. The van der Waals surface area contributed by atoms with Gasteiger partial charge in [0.2, 0.25) is 0 Å².